The molecule has 0 radical (unpaired) electrons. The number of ether oxygens (including phenoxy) is 1. The van der Waals surface area contributed by atoms with Crippen molar-refractivity contribution in [1.82, 2.24) is 5.32 Å². The third-order valence-electron chi connectivity index (χ3n) is 4.40. The molecule has 0 spiro atoms. The Kier molecular flexibility index (Phi) is 4.49. The molecule has 1 heterocycles. The van der Waals surface area contributed by atoms with Crippen molar-refractivity contribution in [1.29, 1.82) is 0 Å². The normalized spacial score (nSPS) is 27.3. The van der Waals surface area contributed by atoms with Crippen LogP contribution in [0.15, 0.2) is 24.3 Å². The van der Waals surface area contributed by atoms with E-state index in [-0.39, 0.29) is 41.2 Å². The maximum absolute atomic E-state index is 12.2. The lowest BCUT2D eigenvalue weighted by atomic mass is 10.2. The molecule has 130 valence electrons. The van der Waals surface area contributed by atoms with Gasteiger partial charge in [0.2, 0.25) is 11.8 Å². The number of methoxy groups -OCH3 is 1. The highest BCUT2D eigenvalue weighted by atomic mass is 32.2. The number of hydrogen-bond donors (Lipinski definition) is 2. The summed E-state index contributed by atoms with van der Waals surface area (Å²) in [5, 5.41) is 5.52. The van der Waals surface area contributed by atoms with Crippen molar-refractivity contribution in [3.8, 4) is 5.75 Å². The van der Waals surface area contributed by atoms with Crippen molar-refractivity contribution in [3.63, 3.8) is 0 Å². The van der Waals surface area contributed by atoms with Crippen molar-refractivity contribution < 1.29 is 22.7 Å². The van der Waals surface area contributed by atoms with Gasteiger partial charge < -0.3 is 15.4 Å². The lowest BCUT2D eigenvalue weighted by Crippen LogP contribution is -2.37. The smallest absolute Gasteiger partial charge is 0.228 e. The molecule has 7 nitrogen and oxygen atoms in total. The zero-order valence-electron chi connectivity index (χ0n) is 13.3. The molecule has 8 heteroatoms. The fourth-order valence-corrected chi connectivity index (χ4v) is 4.57. The van der Waals surface area contributed by atoms with Crippen LogP contribution in [-0.4, -0.2) is 44.9 Å². The number of benzene rings is 1. The van der Waals surface area contributed by atoms with Crippen LogP contribution in [0.2, 0.25) is 0 Å². The molecular weight excluding hydrogens is 332 g/mol. The van der Waals surface area contributed by atoms with Crippen LogP contribution in [0.3, 0.4) is 0 Å². The SMILES string of the molecule is COc1ccc(NC(=O)C2CC2C(=O)NC2CCS(=O)(=O)C2)cc1. The molecule has 1 aliphatic carbocycles. The van der Waals surface area contributed by atoms with Crippen LogP contribution in [0.1, 0.15) is 12.8 Å². The highest BCUT2D eigenvalue weighted by Gasteiger charge is 2.48. The maximum atomic E-state index is 12.2. The highest BCUT2D eigenvalue weighted by molar-refractivity contribution is 7.91. The Morgan fingerprint density at radius 1 is 1.12 bits per heavy atom. The van der Waals surface area contributed by atoms with Gasteiger partial charge in [-0.3, -0.25) is 9.59 Å². The van der Waals surface area contributed by atoms with Gasteiger partial charge in [0, 0.05) is 11.7 Å². The van der Waals surface area contributed by atoms with E-state index in [0.29, 0.717) is 24.3 Å². The first-order valence-corrected chi connectivity index (χ1v) is 9.66. The molecule has 1 aromatic carbocycles. The average Bonchev–Trinajstić information content (AvgIpc) is 3.27. The lowest BCUT2D eigenvalue weighted by Gasteiger charge is -2.10. The van der Waals surface area contributed by atoms with Crippen LogP contribution in [0.25, 0.3) is 0 Å². The third kappa shape index (κ3) is 3.87. The van der Waals surface area contributed by atoms with Gasteiger partial charge in [0.05, 0.1) is 30.5 Å². The van der Waals surface area contributed by atoms with E-state index in [9.17, 15) is 18.0 Å². The number of sulfone groups is 1. The first kappa shape index (κ1) is 16.8. The Hall–Kier alpha value is -2.09. The minimum atomic E-state index is -3.03. The Bertz CT molecular complexity index is 744. The molecule has 0 bridgehead atoms. The molecule has 1 aliphatic heterocycles. The van der Waals surface area contributed by atoms with Crippen LogP contribution in [0, 0.1) is 11.8 Å². The second-order valence-corrected chi connectivity index (χ2v) is 8.50. The summed E-state index contributed by atoms with van der Waals surface area (Å²) < 4.78 is 27.9. The van der Waals surface area contributed by atoms with Gasteiger partial charge in [0.15, 0.2) is 9.84 Å². The van der Waals surface area contributed by atoms with Gasteiger partial charge in [-0.05, 0) is 37.1 Å². The Labute approximate surface area is 140 Å². The summed E-state index contributed by atoms with van der Waals surface area (Å²) in [6.45, 7) is 0. The molecule has 3 unspecified atom stereocenters. The molecular formula is C16H20N2O5S. The summed E-state index contributed by atoms with van der Waals surface area (Å²) in [5.74, 6) is -0.343. The van der Waals surface area contributed by atoms with E-state index in [0.717, 1.165) is 0 Å². The van der Waals surface area contributed by atoms with Crippen LogP contribution in [0.5, 0.6) is 5.75 Å². The Morgan fingerprint density at radius 3 is 2.38 bits per heavy atom. The largest absolute Gasteiger partial charge is 0.497 e. The van der Waals surface area contributed by atoms with E-state index >= 15 is 0 Å². The van der Waals surface area contributed by atoms with Crippen molar-refractivity contribution in [2.75, 3.05) is 23.9 Å². The van der Waals surface area contributed by atoms with E-state index in [1.54, 1.807) is 31.4 Å². The standard InChI is InChI=1S/C16H20N2O5S/c1-23-12-4-2-10(3-5-12)17-15(19)13-8-14(13)16(20)18-11-6-7-24(21,22)9-11/h2-5,11,13-14H,6-9H2,1H3,(H,17,19)(H,18,20). The molecule has 2 amide bonds. The average molecular weight is 352 g/mol. The monoisotopic (exact) mass is 352 g/mol. The molecule has 3 atom stereocenters. The van der Waals surface area contributed by atoms with E-state index < -0.39 is 9.84 Å². The van der Waals surface area contributed by atoms with Crippen molar-refractivity contribution in [2.45, 2.75) is 18.9 Å². The summed E-state index contributed by atoms with van der Waals surface area (Å²) in [6, 6.07) is 6.63. The number of carbonyl (C=O) groups excluding carboxylic acids is 2. The van der Waals surface area contributed by atoms with E-state index in [4.69, 9.17) is 4.74 Å². The molecule has 0 aromatic heterocycles. The zero-order valence-corrected chi connectivity index (χ0v) is 14.1. The quantitative estimate of drug-likeness (QED) is 0.807. The summed E-state index contributed by atoms with van der Waals surface area (Å²) in [6.07, 6.45) is 0.941. The van der Waals surface area contributed by atoms with E-state index in [1.807, 2.05) is 0 Å². The minimum Gasteiger partial charge on any atom is -0.497 e. The first-order chi connectivity index (χ1) is 11.4. The van der Waals surface area contributed by atoms with Gasteiger partial charge in [0.1, 0.15) is 5.75 Å². The van der Waals surface area contributed by atoms with Gasteiger partial charge in [-0.25, -0.2) is 8.42 Å². The van der Waals surface area contributed by atoms with Gasteiger partial charge in [-0.1, -0.05) is 0 Å². The van der Waals surface area contributed by atoms with E-state index in [2.05, 4.69) is 10.6 Å². The van der Waals surface area contributed by atoms with Crippen LogP contribution >= 0.6 is 0 Å². The molecule has 1 saturated heterocycles. The molecule has 3 rings (SSSR count). The predicted octanol–water partition coefficient (Wildman–Crippen LogP) is 0.573. The van der Waals surface area contributed by atoms with Gasteiger partial charge in [-0.2, -0.15) is 0 Å². The van der Waals surface area contributed by atoms with E-state index in [1.165, 1.54) is 0 Å². The summed E-state index contributed by atoms with van der Waals surface area (Å²) in [5.41, 5.74) is 0.647. The Morgan fingerprint density at radius 2 is 1.79 bits per heavy atom. The lowest BCUT2D eigenvalue weighted by molar-refractivity contribution is -0.125. The first-order valence-electron chi connectivity index (χ1n) is 7.84. The minimum absolute atomic E-state index is 0.00578. The van der Waals surface area contributed by atoms with Crippen molar-refractivity contribution in [2.24, 2.45) is 11.8 Å². The summed E-state index contributed by atoms with van der Waals surface area (Å²) >= 11 is 0. The fraction of sp³-hybridized carbons (Fsp3) is 0.500. The van der Waals surface area contributed by atoms with Crippen LogP contribution in [-0.2, 0) is 19.4 Å². The number of carbonyl (C=O) groups is 2. The summed E-state index contributed by atoms with van der Waals surface area (Å²) in [4.78, 5) is 24.3. The van der Waals surface area contributed by atoms with Gasteiger partial charge in [0.25, 0.3) is 0 Å². The molecule has 1 saturated carbocycles. The maximum Gasteiger partial charge on any atom is 0.228 e. The number of rotatable bonds is 5. The summed E-state index contributed by atoms with van der Waals surface area (Å²) in [7, 11) is -1.46. The van der Waals surface area contributed by atoms with Crippen LogP contribution < -0.4 is 15.4 Å². The Balaban J connectivity index is 1.49. The number of anilines is 1. The van der Waals surface area contributed by atoms with Crippen molar-refractivity contribution >= 4 is 27.3 Å². The second kappa shape index (κ2) is 6.43. The second-order valence-electron chi connectivity index (χ2n) is 6.27. The number of nitrogens with one attached hydrogen (secondary N) is 2. The van der Waals surface area contributed by atoms with Crippen LogP contribution in [0.4, 0.5) is 5.69 Å². The number of hydrogen-bond acceptors (Lipinski definition) is 5. The fourth-order valence-electron chi connectivity index (χ4n) is 2.90. The zero-order chi connectivity index (χ0) is 17.3. The molecule has 2 fully saturated rings. The third-order valence-corrected chi connectivity index (χ3v) is 6.17. The molecule has 24 heavy (non-hydrogen) atoms. The van der Waals surface area contributed by atoms with Gasteiger partial charge >= 0.3 is 0 Å². The van der Waals surface area contributed by atoms with Crippen molar-refractivity contribution in [3.05, 3.63) is 24.3 Å². The topological polar surface area (TPSA) is 102 Å². The number of amides is 2. The highest BCUT2D eigenvalue weighted by Crippen LogP contribution is 2.39. The molecule has 2 aliphatic rings. The molecule has 1 aromatic rings. The van der Waals surface area contributed by atoms with Gasteiger partial charge in [-0.15, -0.1) is 0 Å². The molecule has 2 N–H and O–H groups in total. The predicted molar refractivity (Wildman–Crippen MR) is 88.4 cm³/mol.